The first-order chi connectivity index (χ1) is 8.20. The predicted molar refractivity (Wildman–Crippen MR) is 69.7 cm³/mol. The van der Waals surface area contributed by atoms with E-state index < -0.39 is 0 Å². The molecule has 0 bridgehead atoms. The average Bonchev–Trinajstić information content (AvgIpc) is 2.38. The van der Waals surface area contributed by atoms with Crippen LogP contribution in [0.25, 0.3) is 0 Å². The van der Waals surface area contributed by atoms with Gasteiger partial charge in [-0.05, 0) is 45.1 Å². The first-order valence-corrected chi connectivity index (χ1v) is 6.85. The molecule has 2 aliphatic heterocycles. The van der Waals surface area contributed by atoms with Crippen molar-refractivity contribution in [3.8, 4) is 0 Å². The van der Waals surface area contributed by atoms with Crippen molar-refractivity contribution in [2.24, 2.45) is 11.8 Å². The van der Waals surface area contributed by atoms with Crippen molar-refractivity contribution in [1.82, 2.24) is 10.2 Å². The van der Waals surface area contributed by atoms with Gasteiger partial charge in [-0.3, -0.25) is 4.79 Å². The smallest absolute Gasteiger partial charge is 0.225 e. The number of amides is 1. The Morgan fingerprint density at radius 2 is 2.06 bits per heavy atom. The van der Waals surface area contributed by atoms with Gasteiger partial charge in [-0.25, -0.2) is 0 Å². The molecule has 0 radical (unpaired) electrons. The number of likely N-dealkylation sites (tertiary alicyclic amines) is 1. The second-order valence-corrected chi connectivity index (χ2v) is 5.47. The molecular formula is C14H24N2O. The van der Waals surface area contributed by atoms with Crippen LogP contribution < -0.4 is 5.32 Å². The van der Waals surface area contributed by atoms with E-state index in [1.54, 1.807) is 0 Å². The van der Waals surface area contributed by atoms with Gasteiger partial charge < -0.3 is 10.2 Å². The average molecular weight is 236 g/mol. The molecule has 2 aliphatic rings. The summed E-state index contributed by atoms with van der Waals surface area (Å²) in [4.78, 5) is 14.4. The van der Waals surface area contributed by atoms with Gasteiger partial charge in [0.25, 0.3) is 0 Å². The molecule has 3 heteroatoms. The van der Waals surface area contributed by atoms with Gasteiger partial charge in [-0.2, -0.15) is 0 Å². The van der Waals surface area contributed by atoms with E-state index in [1.165, 1.54) is 0 Å². The molecular weight excluding hydrogens is 212 g/mol. The lowest BCUT2D eigenvalue weighted by molar-refractivity contribution is -0.137. The van der Waals surface area contributed by atoms with Crippen molar-refractivity contribution >= 4 is 5.91 Å². The number of nitrogens with one attached hydrogen (secondary N) is 1. The maximum Gasteiger partial charge on any atom is 0.225 e. The maximum absolute atomic E-state index is 12.4. The number of carbonyl (C=O) groups excluding carboxylic acids is 1. The Balaban J connectivity index is 1.85. The lowest BCUT2D eigenvalue weighted by atomic mass is 9.90. The summed E-state index contributed by atoms with van der Waals surface area (Å²) in [5.41, 5.74) is 0. The second-order valence-electron chi connectivity index (χ2n) is 5.47. The van der Waals surface area contributed by atoms with Gasteiger partial charge in [0.2, 0.25) is 5.91 Å². The summed E-state index contributed by atoms with van der Waals surface area (Å²) in [7, 11) is 0. The number of nitrogens with zero attached hydrogens (tertiary/aromatic N) is 1. The molecule has 3 nitrogen and oxygen atoms in total. The van der Waals surface area contributed by atoms with Crippen LogP contribution in [0.1, 0.15) is 32.6 Å². The van der Waals surface area contributed by atoms with Crippen LogP contribution in [-0.2, 0) is 4.79 Å². The first kappa shape index (κ1) is 12.6. The monoisotopic (exact) mass is 236 g/mol. The summed E-state index contributed by atoms with van der Waals surface area (Å²) in [6.45, 7) is 8.85. The van der Waals surface area contributed by atoms with Crippen LogP contribution in [0.15, 0.2) is 12.7 Å². The summed E-state index contributed by atoms with van der Waals surface area (Å²) in [6, 6.07) is 0.489. The highest BCUT2D eigenvalue weighted by Crippen LogP contribution is 2.23. The third kappa shape index (κ3) is 3.09. The van der Waals surface area contributed by atoms with Crippen molar-refractivity contribution in [3.05, 3.63) is 12.7 Å². The molecule has 0 aliphatic carbocycles. The minimum Gasteiger partial charge on any atom is -0.342 e. The largest absolute Gasteiger partial charge is 0.342 e. The molecule has 2 rings (SSSR count). The number of carbonyl (C=O) groups is 1. The SMILES string of the molecule is C=CC1CCN(C(=O)[C@H]2CCN[C@@H](C)C2)CC1. The summed E-state index contributed by atoms with van der Waals surface area (Å²) < 4.78 is 0. The van der Waals surface area contributed by atoms with Gasteiger partial charge in [-0.15, -0.1) is 6.58 Å². The van der Waals surface area contributed by atoms with E-state index >= 15 is 0 Å². The Hall–Kier alpha value is -0.830. The van der Waals surface area contributed by atoms with Crippen LogP contribution in [0, 0.1) is 11.8 Å². The Bertz CT molecular complexity index is 282. The fourth-order valence-corrected chi connectivity index (χ4v) is 2.97. The minimum atomic E-state index is 0.256. The number of rotatable bonds is 2. The third-order valence-corrected chi connectivity index (χ3v) is 4.16. The van der Waals surface area contributed by atoms with Crippen LogP contribution in [0.3, 0.4) is 0 Å². The molecule has 0 aromatic heterocycles. The number of hydrogen-bond donors (Lipinski definition) is 1. The Morgan fingerprint density at radius 1 is 1.35 bits per heavy atom. The molecule has 1 N–H and O–H groups in total. The fraction of sp³-hybridized carbons (Fsp3) is 0.786. The zero-order chi connectivity index (χ0) is 12.3. The summed E-state index contributed by atoms with van der Waals surface area (Å²) >= 11 is 0. The zero-order valence-electron chi connectivity index (χ0n) is 10.8. The van der Waals surface area contributed by atoms with Crippen molar-refractivity contribution in [3.63, 3.8) is 0 Å². The molecule has 96 valence electrons. The molecule has 2 fully saturated rings. The molecule has 2 saturated heterocycles. The molecule has 2 atom stereocenters. The molecule has 0 saturated carbocycles. The third-order valence-electron chi connectivity index (χ3n) is 4.16. The van der Waals surface area contributed by atoms with Crippen LogP contribution in [-0.4, -0.2) is 36.5 Å². The maximum atomic E-state index is 12.4. The molecule has 0 aromatic rings. The van der Waals surface area contributed by atoms with E-state index in [4.69, 9.17) is 0 Å². The summed E-state index contributed by atoms with van der Waals surface area (Å²) in [5.74, 6) is 1.26. The molecule has 0 spiro atoms. The Morgan fingerprint density at radius 3 is 2.65 bits per heavy atom. The van der Waals surface area contributed by atoms with E-state index in [0.717, 1.165) is 45.3 Å². The molecule has 0 unspecified atom stereocenters. The second kappa shape index (κ2) is 5.67. The van der Waals surface area contributed by atoms with Gasteiger partial charge in [0.05, 0.1) is 0 Å². The number of allylic oxidation sites excluding steroid dienone is 1. The highest BCUT2D eigenvalue weighted by molar-refractivity contribution is 5.79. The van der Waals surface area contributed by atoms with Gasteiger partial charge in [0.1, 0.15) is 0 Å². The standard InChI is InChI=1S/C14H24N2O/c1-3-12-5-8-16(9-6-12)14(17)13-4-7-15-11(2)10-13/h3,11-13,15H,1,4-10H2,2H3/t11-,13-/m0/s1. The minimum absolute atomic E-state index is 0.256. The highest BCUT2D eigenvalue weighted by atomic mass is 16.2. The Kier molecular flexibility index (Phi) is 4.21. The molecule has 2 heterocycles. The first-order valence-electron chi connectivity index (χ1n) is 6.85. The van der Waals surface area contributed by atoms with Gasteiger partial charge >= 0.3 is 0 Å². The van der Waals surface area contributed by atoms with E-state index in [0.29, 0.717) is 17.9 Å². The van der Waals surface area contributed by atoms with Crippen LogP contribution in [0.5, 0.6) is 0 Å². The van der Waals surface area contributed by atoms with Gasteiger partial charge in [0.15, 0.2) is 0 Å². The highest BCUT2D eigenvalue weighted by Gasteiger charge is 2.30. The number of piperidine rings is 2. The van der Waals surface area contributed by atoms with Crippen molar-refractivity contribution < 1.29 is 4.79 Å². The summed E-state index contributed by atoms with van der Waals surface area (Å²) in [5, 5.41) is 3.40. The normalized spacial score (nSPS) is 31.2. The lowest BCUT2D eigenvalue weighted by Crippen LogP contribution is -2.46. The predicted octanol–water partition coefficient (Wildman–Crippen LogP) is 1.80. The van der Waals surface area contributed by atoms with Gasteiger partial charge in [0, 0.05) is 25.0 Å². The van der Waals surface area contributed by atoms with Crippen LogP contribution in [0.2, 0.25) is 0 Å². The van der Waals surface area contributed by atoms with E-state index in [9.17, 15) is 4.79 Å². The molecule has 1 amide bonds. The fourth-order valence-electron chi connectivity index (χ4n) is 2.97. The van der Waals surface area contributed by atoms with Gasteiger partial charge in [-0.1, -0.05) is 6.08 Å². The van der Waals surface area contributed by atoms with Crippen molar-refractivity contribution in [2.75, 3.05) is 19.6 Å². The van der Waals surface area contributed by atoms with Crippen molar-refractivity contribution in [2.45, 2.75) is 38.6 Å². The van der Waals surface area contributed by atoms with Crippen LogP contribution in [0.4, 0.5) is 0 Å². The molecule has 17 heavy (non-hydrogen) atoms. The molecule has 0 aromatic carbocycles. The lowest BCUT2D eigenvalue weighted by Gasteiger charge is -2.35. The Labute approximate surface area is 104 Å². The zero-order valence-corrected chi connectivity index (χ0v) is 10.8. The van der Waals surface area contributed by atoms with Crippen LogP contribution >= 0.6 is 0 Å². The quantitative estimate of drug-likeness (QED) is 0.742. The topological polar surface area (TPSA) is 32.3 Å². The summed E-state index contributed by atoms with van der Waals surface area (Å²) in [6.07, 6.45) is 6.23. The van der Waals surface area contributed by atoms with E-state index in [2.05, 4.69) is 23.7 Å². The van der Waals surface area contributed by atoms with E-state index in [-0.39, 0.29) is 5.92 Å². The van der Waals surface area contributed by atoms with Crippen molar-refractivity contribution in [1.29, 1.82) is 0 Å². The number of hydrogen-bond acceptors (Lipinski definition) is 2. The van der Waals surface area contributed by atoms with E-state index in [1.807, 2.05) is 6.08 Å².